The third-order valence-electron chi connectivity index (χ3n) is 3.79. The fourth-order valence-electron chi connectivity index (χ4n) is 2.70. The highest BCUT2D eigenvalue weighted by atomic mass is 32.2. The van der Waals surface area contributed by atoms with Gasteiger partial charge in [0.25, 0.3) is 5.92 Å². The summed E-state index contributed by atoms with van der Waals surface area (Å²) in [5.74, 6) is -6.29. The summed E-state index contributed by atoms with van der Waals surface area (Å²) >= 11 is 0. The van der Waals surface area contributed by atoms with Crippen LogP contribution in [0, 0.1) is 5.92 Å². The molecule has 124 valence electrons. The molecule has 0 aliphatic carbocycles. The number of carboxylic acids is 1. The Kier molecular flexibility index (Phi) is 3.64. The van der Waals surface area contributed by atoms with Gasteiger partial charge in [0.15, 0.2) is 0 Å². The van der Waals surface area contributed by atoms with Crippen LogP contribution in [-0.4, -0.2) is 42.8 Å². The third kappa shape index (κ3) is 2.81. The van der Waals surface area contributed by atoms with E-state index in [-0.39, 0.29) is 10.3 Å². The Morgan fingerprint density at radius 3 is 2.74 bits per heavy atom. The summed E-state index contributed by atoms with van der Waals surface area (Å²) in [5, 5.41) is 9.25. The predicted molar refractivity (Wildman–Crippen MR) is 75.7 cm³/mol. The summed E-state index contributed by atoms with van der Waals surface area (Å²) in [6.07, 6.45) is 0.114. The zero-order valence-corrected chi connectivity index (χ0v) is 12.6. The lowest BCUT2D eigenvalue weighted by Gasteiger charge is -2.34. The van der Waals surface area contributed by atoms with Crippen molar-refractivity contribution in [3.63, 3.8) is 0 Å². The normalized spacial score (nSPS) is 22.3. The number of piperidine rings is 1. The molecule has 0 bridgehead atoms. The van der Waals surface area contributed by atoms with E-state index >= 15 is 0 Å². The van der Waals surface area contributed by atoms with Gasteiger partial charge in [0, 0.05) is 18.4 Å². The molecule has 23 heavy (non-hydrogen) atoms. The second-order valence-electron chi connectivity index (χ2n) is 5.49. The minimum Gasteiger partial charge on any atom is -0.481 e. The van der Waals surface area contributed by atoms with Crippen molar-refractivity contribution in [3.8, 4) is 0 Å². The van der Waals surface area contributed by atoms with E-state index < -0.39 is 47.3 Å². The summed E-state index contributed by atoms with van der Waals surface area (Å²) in [4.78, 5) is 10.8. The molecule has 1 aliphatic heterocycles. The summed E-state index contributed by atoms with van der Waals surface area (Å²) in [6.45, 7) is -1.54. The van der Waals surface area contributed by atoms with Gasteiger partial charge in [-0.2, -0.15) is 4.31 Å². The summed E-state index contributed by atoms with van der Waals surface area (Å²) in [5.41, 5.74) is 0.310. The van der Waals surface area contributed by atoms with Crippen molar-refractivity contribution in [3.05, 3.63) is 30.5 Å². The number of hydrogen-bond donors (Lipinski definition) is 1. The van der Waals surface area contributed by atoms with Crippen LogP contribution in [0.2, 0.25) is 0 Å². The number of benzene rings is 1. The highest BCUT2D eigenvalue weighted by Gasteiger charge is 2.47. The Hall–Kier alpha value is -2.00. The monoisotopic (exact) mass is 345 g/mol. The number of halogens is 2. The number of alkyl halides is 2. The van der Waals surface area contributed by atoms with Gasteiger partial charge in [-0.25, -0.2) is 17.2 Å². The van der Waals surface area contributed by atoms with E-state index in [9.17, 15) is 22.0 Å². The van der Waals surface area contributed by atoms with Crippen LogP contribution in [0.1, 0.15) is 6.42 Å². The number of aliphatic carboxylic acids is 1. The van der Waals surface area contributed by atoms with Crippen LogP contribution in [0.4, 0.5) is 8.78 Å². The average molecular weight is 345 g/mol. The van der Waals surface area contributed by atoms with Crippen molar-refractivity contribution in [2.75, 3.05) is 13.1 Å². The van der Waals surface area contributed by atoms with Gasteiger partial charge in [-0.3, -0.25) is 4.79 Å². The van der Waals surface area contributed by atoms with Gasteiger partial charge in [-0.15, -0.1) is 0 Å². The van der Waals surface area contributed by atoms with Crippen LogP contribution in [0.5, 0.6) is 0 Å². The van der Waals surface area contributed by atoms with Gasteiger partial charge in [0.05, 0.1) is 12.5 Å². The fourth-order valence-corrected chi connectivity index (χ4v) is 4.33. The number of fused-ring (bicyclic) bond motifs is 1. The zero-order chi connectivity index (χ0) is 16.8. The molecule has 1 saturated heterocycles. The van der Waals surface area contributed by atoms with Crippen molar-refractivity contribution >= 4 is 27.0 Å². The number of furan rings is 1. The fraction of sp³-hybridized carbons (Fsp3) is 0.357. The van der Waals surface area contributed by atoms with Gasteiger partial charge >= 0.3 is 5.97 Å². The maximum absolute atomic E-state index is 13.8. The number of para-hydroxylation sites is 1. The molecule has 0 amide bonds. The number of carboxylic acid groups (broad SMARTS) is 1. The lowest BCUT2D eigenvalue weighted by Crippen LogP contribution is -2.51. The van der Waals surface area contributed by atoms with E-state index in [1.54, 1.807) is 18.2 Å². The number of sulfonamides is 1. The van der Waals surface area contributed by atoms with E-state index in [1.807, 2.05) is 0 Å². The molecule has 6 nitrogen and oxygen atoms in total. The van der Waals surface area contributed by atoms with Crippen LogP contribution >= 0.6 is 0 Å². The molecule has 1 atom stereocenters. The first-order valence-electron chi connectivity index (χ1n) is 6.78. The van der Waals surface area contributed by atoms with Crippen molar-refractivity contribution in [2.24, 2.45) is 5.92 Å². The highest BCUT2D eigenvalue weighted by molar-refractivity contribution is 7.89. The molecule has 1 aromatic carbocycles. The maximum atomic E-state index is 13.8. The van der Waals surface area contributed by atoms with Crippen molar-refractivity contribution in [2.45, 2.75) is 17.2 Å². The lowest BCUT2D eigenvalue weighted by molar-refractivity contribution is -0.150. The molecule has 1 aliphatic rings. The minimum atomic E-state index is -4.29. The molecule has 0 saturated carbocycles. The van der Waals surface area contributed by atoms with E-state index in [2.05, 4.69) is 0 Å². The van der Waals surface area contributed by atoms with Gasteiger partial charge in [-0.1, -0.05) is 12.1 Å². The predicted octanol–water partition coefficient (Wildman–Crippen LogP) is 2.16. The average Bonchev–Trinajstić information content (AvgIpc) is 2.90. The van der Waals surface area contributed by atoms with Gasteiger partial charge in [-0.05, 0) is 12.1 Å². The van der Waals surface area contributed by atoms with Crippen LogP contribution < -0.4 is 0 Å². The molecule has 1 unspecified atom stereocenters. The molecule has 1 aromatic heterocycles. The first kappa shape index (κ1) is 15.9. The molecular weight excluding hydrogens is 332 g/mol. The van der Waals surface area contributed by atoms with Gasteiger partial charge in [0.1, 0.15) is 16.7 Å². The van der Waals surface area contributed by atoms with E-state index in [4.69, 9.17) is 9.52 Å². The largest absolute Gasteiger partial charge is 0.481 e. The van der Waals surface area contributed by atoms with Crippen LogP contribution in [0.25, 0.3) is 11.0 Å². The van der Waals surface area contributed by atoms with E-state index in [0.29, 0.717) is 9.89 Å². The molecule has 0 radical (unpaired) electrons. The minimum absolute atomic E-state index is 0.241. The third-order valence-corrected chi connectivity index (χ3v) is 5.62. The highest BCUT2D eigenvalue weighted by Crippen LogP contribution is 2.35. The second-order valence-corrected chi connectivity index (χ2v) is 7.40. The topological polar surface area (TPSA) is 87.8 Å². The second kappa shape index (κ2) is 5.27. The summed E-state index contributed by atoms with van der Waals surface area (Å²) in [6, 6.07) is 6.31. The number of carbonyl (C=O) groups is 1. The molecule has 0 spiro atoms. The maximum Gasteiger partial charge on any atom is 0.308 e. The Bertz CT molecular complexity index is 861. The Morgan fingerprint density at radius 2 is 2.04 bits per heavy atom. The van der Waals surface area contributed by atoms with Crippen molar-refractivity contribution < 1.29 is 31.5 Å². The summed E-state index contributed by atoms with van der Waals surface area (Å²) < 4.78 is 58.5. The molecular formula is C14H13F2NO5S. The molecule has 2 aromatic rings. The lowest BCUT2D eigenvalue weighted by atomic mass is 9.97. The molecule has 9 heteroatoms. The molecule has 1 fully saturated rings. The first-order chi connectivity index (χ1) is 10.7. The smallest absolute Gasteiger partial charge is 0.308 e. The number of rotatable bonds is 3. The van der Waals surface area contributed by atoms with E-state index in [1.165, 1.54) is 6.07 Å². The van der Waals surface area contributed by atoms with Crippen molar-refractivity contribution in [1.82, 2.24) is 4.31 Å². The van der Waals surface area contributed by atoms with Gasteiger partial charge < -0.3 is 9.52 Å². The quantitative estimate of drug-likeness (QED) is 0.921. The van der Waals surface area contributed by atoms with Crippen LogP contribution in [0.15, 0.2) is 39.8 Å². The summed E-state index contributed by atoms with van der Waals surface area (Å²) in [7, 11) is -4.29. The molecule has 2 heterocycles. The zero-order valence-electron chi connectivity index (χ0n) is 11.8. The number of hydrogen-bond acceptors (Lipinski definition) is 4. The standard InChI is InChI=1S/C14H13F2NO5S/c15-14(16)5-9(13(18)19)6-17(8-14)23(20,21)12-7-22-11-4-2-1-3-10(11)12/h1-4,7,9H,5-6,8H2,(H,18,19). The Labute approximate surface area is 130 Å². The molecule has 1 N–H and O–H groups in total. The SMILES string of the molecule is O=C(O)C1CN(S(=O)(=O)c2coc3ccccc23)CC(F)(F)C1. The van der Waals surface area contributed by atoms with Crippen molar-refractivity contribution in [1.29, 1.82) is 0 Å². The first-order valence-corrected chi connectivity index (χ1v) is 8.22. The van der Waals surface area contributed by atoms with Crippen LogP contribution in [-0.2, 0) is 14.8 Å². The van der Waals surface area contributed by atoms with Crippen LogP contribution in [0.3, 0.4) is 0 Å². The number of nitrogens with zero attached hydrogens (tertiary/aromatic N) is 1. The molecule has 3 rings (SSSR count). The Morgan fingerprint density at radius 1 is 1.35 bits per heavy atom. The van der Waals surface area contributed by atoms with E-state index in [0.717, 1.165) is 6.26 Å². The van der Waals surface area contributed by atoms with Gasteiger partial charge in [0.2, 0.25) is 10.0 Å². The Balaban J connectivity index is 2.03.